The molecule has 1 atom stereocenters. The molecule has 7 heteroatoms. The van der Waals surface area contributed by atoms with E-state index in [1.54, 1.807) is 0 Å². The van der Waals surface area contributed by atoms with Crippen LogP contribution in [0.3, 0.4) is 0 Å². The van der Waals surface area contributed by atoms with E-state index in [1.165, 1.54) is 26.1 Å². The fraction of sp³-hybridized carbons (Fsp3) is 0.333. The number of esters is 1. The van der Waals surface area contributed by atoms with E-state index in [-0.39, 0.29) is 12.0 Å². The average Bonchev–Trinajstić information content (AvgIpc) is 2.45. The van der Waals surface area contributed by atoms with E-state index in [0.717, 1.165) is 12.1 Å². The van der Waals surface area contributed by atoms with Crippen molar-refractivity contribution in [2.24, 2.45) is 0 Å². The number of halogens is 3. The summed E-state index contributed by atoms with van der Waals surface area (Å²) in [6, 6.07) is 4.33. The third-order valence-corrected chi connectivity index (χ3v) is 2.92. The Morgan fingerprint density at radius 1 is 1.27 bits per heavy atom. The molecule has 0 bridgehead atoms. The zero-order valence-corrected chi connectivity index (χ0v) is 12.2. The largest absolute Gasteiger partial charge is 0.458 e. The summed E-state index contributed by atoms with van der Waals surface area (Å²) in [5.74, 6) is -1.15. The lowest BCUT2D eigenvalue weighted by Gasteiger charge is -2.15. The Morgan fingerprint density at radius 3 is 2.27 bits per heavy atom. The van der Waals surface area contributed by atoms with Gasteiger partial charge < -0.3 is 10.1 Å². The number of hydrogen-bond donors (Lipinski definition) is 1. The third kappa shape index (κ3) is 4.91. The molecule has 0 aromatic heterocycles. The van der Waals surface area contributed by atoms with Gasteiger partial charge >= 0.3 is 12.1 Å². The van der Waals surface area contributed by atoms with Crippen molar-refractivity contribution in [1.29, 1.82) is 0 Å². The van der Waals surface area contributed by atoms with Crippen LogP contribution in [0.25, 0.3) is 0 Å². The van der Waals surface area contributed by atoms with Gasteiger partial charge in [0.15, 0.2) is 0 Å². The van der Waals surface area contributed by atoms with E-state index in [0.29, 0.717) is 5.56 Å². The van der Waals surface area contributed by atoms with Gasteiger partial charge in [-0.3, -0.25) is 9.59 Å². The monoisotopic (exact) mass is 315 g/mol. The standard InChI is InChI=1S/C15H16F3NO3/c1-9(14(21)19-3)8-13(20)22-10(2)11-4-6-12(7-5-11)15(16,17)18/h4-7,10H,1,8H2,2-3H3,(H,19,21)/t10-/m1/s1. The van der Waals surface area contributed by atoms with Crippen LogP contribution in [0.1, 0.15) is 30.6 Å². The van der Waals surface area contributed by atoms with Crippen molar-refractivity contribution in [3.05, 3.63) is 47.5 Å². The van der Waals surface area contributed by atoms with Crippen molar-refractivity contribution < 1.29 is 27.5 Å². The van der Waals surface area contributed by atoms with Crippen LogP contribution >= 0.6 is 0 Å². The van der Waals surface area contributed by atoms with Gasteiger partial charge in [0.25, 0.3) is 0 Å². The summed E-state index contributed by atoms with van der Waals surface area (Å²) < 4.78 is 42.4. The maximum absolute atomic E-state index is 12.5. The molecule has 0 saturated heterocycles. The number of nitrogens with one attached hydrogen (secondary N) is 1. The number of amides is 1. The van der Waals surface area contributed by atoms with E-state index < -0.39 is 29.7 Å². The minimum atomic E-state index is -4.41. The number of hydrogen-bond acceptors (Lipinski definition) is 3. The Balaban J connectivity index is 2.65. The molecule has 0 radical (unpaired) electrons. The van der Waals surface area contributed by atoms with Crippen LogP contribution in [0, 0.1) is 0 Å². The van der Waals surface area contributed by atoms with Crippen molar-refractivity contribution in [3.8, 4) is 0 Å². The molecule has 1 aromatic rings. The Kier molecular flexibility index (Phi) is 5.73. The first-order valence-electron chi connectivity index (χ1n) is 6.41. The van der Waals surface area contributed by atoms with Gasteiger partial charge in [0.05, 0.1) is 12.0 Å². The fourth-order valence-electron chi connectivity index (χ4n) is 1.68. The van der Waals surface area contributed by atoms with Gasteiger partial charge in [-0.1, -0.05) is 18.7 Å². The van der Waals surface area contributed by atoms with Crippen LogP contribution in [0.2, 0.25) is 0 Å². The van der Waals surface area contributed by atoms with Crippen molar-refractivity contribution in [1.82, 2.24) is 5.32 Å². The quantitative estimate of drug-likeness (QED) is 0.671. The molecule has 1 N–H and O–H groups in total. The average molecular weight is 315 g/mol. The van der Waals surface area contributed by atoms with Crippen molar-refractivity contribution in [3.63, 3.8) is 0 Å². The molecule has 0 heterocycles. The van der Waals surface area contributed by atoms with Crippen LogP contribution in [0.5, 0.6) is 0 Å². The van der Waals surface area contributed by atoms with Gasteiger partial charge in [-0.25, -0.2) is 0 Å². The molecule has 120 valence electrons. The Bertz CT molecular complexity index is 564. The summed E-state index contributed by atoms with van der Waals surface area (Å²) in [6.07, 6.45) is -5.43. The van der Waals surface area contributed by atoms with Gasteiger partial charge in [-0.2, -0.15) is 13.2 Å². The molecule has 0 aliphatic rings. The van der Waals surface area contributed by atoms with Crippen molar-refractivity contribution >= 4 is 11.9 Å². The minimum Gasteiger partial charge on any atom is -0.458 e. The van der Waals surface area contributed by atoms with Crippen molar-refractivity contribution in [2.45, 2.75) is 25.6 Å². The minimum absolute atomic E-state index is 0.0483. The predicted molar refractivity (Wildman–Crippen MR) is 73.8 cm³/mol. The molecule has 4 nitrogen and oxygen atoms in total. The molecular weight excluding hydrogens is 299 g/mol. The maximum atomic E-state index is 12.5. The van der Waals surface area contributed by atoms with Crippen LogP contribution in [0.4, 0.5) is 13.2 Å². The van der Waals surface area contributed by atoms with Gasteiger partial charge in [0.2, 0.25) is 5.91 Å². The van der Waals surface area contributed by atoms with E-state index >= 15 is 0 Å². The highest BCUT2D eigenvalue weighted by Crippen LogP contribution is 2.30. The lowest BCUT2D eigenvalue weighted by atomic mass is 10.1. The predicted octanol–water partition coefficient (Wildman–Crippen LogP) is 3.00. The number of ether oxygens (including phenoxy) is 1. The molecule has 0 aliphatic heterocycles. The number of likely N-dealkylation sites (N-methyl/N-ethyl adjacent to an activating group) is 1. The molecule has 0 spiro atoms. The zero-order chi connectivity index (χ0) is 16.9. The smallest absolute Gasteiger partial charge is 0.416 e. The zero-order valence-electron chi connectivity index (χ0n) is 12.2. The first kappa shape index (κ1) is 17.7. The topological polar surface area (TPSA) is 55.4 Å². The van der Waals surface area contributed by atoms with Gasteiger partial charge in [0, 0.05) is 12.6 Å². The molecule has 1 rings (SSSR count). The lowest BCUT2D eigenvalue weighted by Crippen LogP contribution is -2.22. The second-order valence-electron chi connectivity index (χ2n) is 4.61. The summed E-state index contributed by atoms with van der Waals surface area (Å²) in [5, 5.41) is 2.32. The second-order valence-corrected chi connectivity index (χ2v) is 4.61. The van der Waals surface area contributed by atoms with Crippen molar-refractivity contribution in [2.75, 3.05) is 7.05 Å². The molecule has 0 aliphatic carbocycles. The Labute approximate surface area is 126 Å². The van der Waals surface area contributed by atoms with Gasteiger partial charge in [-0.15, -0.1) is 0 Å². The molecule has 1 amide bonds. The fourth-order valence-corrected chi connectivity index (χ4v) is 1.68. The molecule has 0 unspecified atom stereocenters. The highest BCUT2D eigenvalue weighted by molar-refractivity contribution is 5.96. The highest BCUT2D eigenvalue weighted by atomic mass is 19.4. The van der Waals surface area contributed by atoms with Crippen LogP contribution < -0.4 is 5.32 Å². The SMILES string of the molecule is C=C(CC(=O)O[C@H](C)c1ccc(C(F)(F)F)cc1)C(=O)NC. The Morgan fingerprint density at radius 2 is 1.82 bits per heavy atom. The number of carbonyl (C=O) groups is 2. The van der Waals surface area contributed by atoms with Gasteiger partial charge in [0.1, 0.15) is 6.10 Å². The highest BCUT2D eigenvalue weighted by Gasteiger charge is 2.30. The van der Waals surface area contributed by atoms with Crippen LogP contribution in [0.15, 0.2) is 36.4 Å². The summed E-state index contributed by atoms with van der Waals surface area (Å²) in [6.45, 7) is 4.98. The molecule has 0 fully saturated rings. The summed E-state index contributed by atoms with van der Waals surface area (Å²) >= 11 is 0. The molecular formula is C15H16F3NO3. The summed E-state index contributed by atoms with van der Waals surface area (Å²) in [5.41, 5.74) is -0.304. The third-order valence-electron chi connectivity index (χ3n) is 2.92. The van der Waals surface area contributed by atoms with Crippen LogP contribution in [-0.2, 0) is 20.5 Å². The van der Waals surface area contributed by atoms with Crippen LogP contribution in [-0.4, -0.2) is 18.9 Å². The van der Waals surface area contributed by atoms with Gasteiger partial charge in [-0.05, 0) is 24.6 Å². The Hall–Kier alpha value is -2.31. The number of benzene rings is 1. The summed E-state index contributed by atoms with van der Waals surface area (Å²) in [4.78, 5) is 22.9. The molecule has 0 saturated carbocycles. The number of alkyl halides is 3. The maximum Gasteiger partial charge on any atom is 0.416 e. The number of rotatable bonds is 5. The second kappa shape index (κ2) is 7.11. The van der Waals surface area contributed by atoms with E-state index in [9.17, 15) is 22.8 Å². The normalized spacial score (nSPS) is 12.4. The number of carbonyl (C=O) groups excluding carboxylic acids is 2. The lowest BCUT2D eigenvalue weighted by molar-refractivity contribution is -0.148. The summed E-state index contributed by atoms with van der Waals surface area (Å²) in [7, 11) is 1.41. The van der Waals surface area contributed by atoms with E-state index in [2.05, 4.69) is 11.9 Å². The first-order chi connectivity index (χ1) is 10.1. The molecule has 22 heavy (non-hydrogen) atoms. The van der Waals surface area contributed by atoms with E-state index in [1.807, 2.05) is 0 Å². The molecule has 1 aromatic carbocycles. The first-order valence-corrected chi connectivity index (χ1v) is 6.41. The van der Waals surface area contributed by atoms with E-state index in [4.69, 9.17) is 4.74 Å².